The summed E-state index contributed by atoms with van der Waals surface area (Å²) in [7, 11) is 0. The second-order valence-electron chi connectivity index (χ2n) is 4.94. The zero-order valence-corrected chi connectivity index (χ0v) is 11.2. The molecule has 0 aromatic heterocycles. The van der Waals surface area contributed by atoms with E-state index in [-0.39, 0.29) is 0 Å². The van der Waals surface area contributed by atoms with Gasteiger partial charge in [0.25, 0.3) is 0 Å². The molecule has 0 heterocycles. The van der Waals surface area contributed by atoms with Gasteiger partial charge < -0.3 is 10.2 Å². The van der Waals surface area contributed by atoms with Gasteiger partial charge in [-0.3, -0.25) is 0 Å². The lowest BCUT2D eigenvalue weighted by molar-refractivity contribution is -0.155. The van der Waals surface area contributed by atoms with Gasteiger partial charge in [-0.05, 0) is 22.4 Å². The highest BCUT2D eigenvalue weighted by atomic mass is 16.4. The van der Waals surface area contributed by atoms with Crippen LogP contribution in [0, 0.1) is 0 Å². The molecule has 2 N–H and O–H groups in total. The first-order valence-corrected chi connectivity index (χ1v) is 6.63. The van der Waals surface area contributed by atoms with Crippen molar-refractivity contribution in [1.82, 2.24) is 0 Å². The number of rotatable bonds is 3. The molecule has 0 saturated carbocycles. The van der Waals surface area contributed by atoms with Crippen LogP contribution in [0.5, 0.6) is 0 Å². The van der Waals surface area contributed by atoms with Crippen molar-refractivity contribution in [3.05, 3.63) is 83.9 Å². The molecule has 0 saturated heterocycles. The van der Waals surface area contributed by atoms with Crippen molar-refractivity contribution in [3.63, 3.8) is 0 Å². The average Bonchev–Trinajstić information content (AvgIpc) is 2.54. The smallest absolute Gasteiger partial charge is 0.345 e. The van der Waals surface area contributed by atoms with Crippen molar-refractivity contribution in [3.8, 4) is 0 Å². The van der Waals surface area contributed by atoms with Gasteiger partial charge in [0.05, 0.1) is 0 Å². The average molecular weight is 278 g/mol. The second-order valence-corrected chi connectivity index (χ2v) is 4.94. The Morgan fingerprint density at radius 2 is 1.38 bits per heavy atom. The lowest BCUT2D eigenvalue weighted by atomic mass is 9.85. The zero-order chi connectivity index (χ0) is 14.9. The van der Waals surface area contributed by atoms with Gasteiger partial charge >= 0.3 is 5.97 Å². The van der Waals surface area contributed by atoms with Crippen LogP contribution in [-0.2, 0) is 10.4 Å². The quantitative estimate of drug-likeness (QED) is 0.773. The van der Waals surface area contributed by atoms with Crippen LogP contribution in [0.3, 0.4) is 0 Å². The number of carbonyl (C=O) groups is 1. The lowest BCUT2D eigenvalue weighted by Crippen LogP contribution is -2.36. The molecule has 0 aliphatic rings. The number of benzene rings is 3. The number of aliphatic carboxylic acids is 1. The van der Waals surface area contributed by atoms with Gasteiger partial charge in [-0.15, -0.1) is 0 Å². The fraction of sp³-hybridized carbons (Fsp3) is 0.0556. The van der Waals surface area contributed by atoms with Crippen LogP contribution in [0.25, 0.3) is 10.8 Å². The van der Waals surface area contributed by atoms with Crippen LogP contribution in [0.15, 0.2) is 72.8 Å². The Balaban J connectivity index is 2.22. The van der Waals surface area contributed by atoms with Gasteiger partial charge in [0.2, 0.25) is 5.60 Å². The van der Waals surface area contributed by atoms with Gasteiger partial charge in [-0.2, -0.15) is 0 Å². The molecule has 3 aromatic rings. The van der Waals surface area contributed by atoms with Crippen molar-refractivity contribution in [1.29, 1.82) is 0 Å². The Hall–Kier alpha value is -2.65. The van der Waals surface area contributed by atoms with E-state index in [0.717, 1.165) is 10.8 Å². The minimum atomic E-state index is -2.05. The highest BCUT2D eigenvalue weighted by molar-refractivity contribution is 5.88. The van der Waals surface area contributed by atoms with E-state index in [2.05, 4.69) is 0 Å². The first-order valence-electron chi connectivity index (χ1n) is 6.63. The molecular formula is C18H14O3. The summed E-state index contributed by atoms with van der Waals surface area (Å²) in [6.45, 7) is 0. The van der Waals surface area contributed by atoms with Crippen LogP contribution >= 0.6 is 0 Å². The predicted octanol–water partition coefficient (Wildman–Crippen LogP) is 3.16. The van der Waals surface area contributed by atoms with Crippen LogP contribution in [0.2, 0.25) is 0 Å². The Bertz CT molecular complexity index is 796. The molecule has 3 nitrogen and oxygen atoms in total. The largest absolute Gasteiger partial charge is 0.479 e. The topological polar surface area (TPSA) is 57.5 Å². The molecule has 104 valence electrons. The van der Waals surface area contributed by atoms with E-state index >= 15 is 0 Å². The number of fused-ring (bicyclic) bond motifs is 1. The molecule has 3 heteroatoms. The lowest BCUT2D eigenvalue weighted by Gasteiger charge is -2.24. The third kappa shape index (κ3) is 2.18. The summed E-state index contributed by atoms with van der Waals surface area (Å²) in [5.74, 6) is -1.29. The Kier molecular flexibility index (Phi) is 3.20. The third-order valence-electron chi connectivity index (χ3n) is 3.67. The first kappa shape index (κ1) is 13.3. The van der Waals surface area contributed by atoms with E-state index in [1.54, 1.807) is 42.5 Å². The molecule has 0 radical (unpaired) electrons. The molecule has 3 rings (SSSR count). The highest BCUT2D eigenvalue weighted by Crippen LogP contribution is 2.31. The molecule has 0 amide bonds. The Morgan fingerprint density at radius 3 is 2.05 bits per heavy atom. The monoisotopic (exact) mass is 278 g/mol. The number of aliphatic hydroxyl groups is 1. The van der Waals surface area contributed by atoms with Crippen molar-refractivity contribution < 1.29 is 15.0 Å². The molecular weight excluding hydrogens is 264 g/mol. The molecule has 21 heavy (non-hydrogen) atoms. The maximum absolute atomic E-state index is 11.7. The van der Waals surface area contributed by atoms with Crippen molar-refractivity contribution in [2.75, 3.05) is 0 Å². The molecule has 1 atom stereocenters. The SMILES string of the molecule is O=C(O)C(O)(c1ccccc1)c1ccc2ccccc2c1. The predicted molar refractivity (Wildman–Crippen MR) is 81.0 cm³/mol. The van der Waals surface area contributed by atoms with Gasteiger partial charge in [0.15, 0.2) is 0 Å². The number of hydrogen-bond acceptors (Lipinski definition) is 2. The van der Waals surface area contributed by atoms with Crippen LogP contribution in [0.1, 0.15) is 11.1 Å². The molecule has 0 spiro atoms. The Labute approximate surface area is 122 Å². The van der Waals surface area contributed by atoms with E-state index in [9.17, 15) is 15.0 Å². The summed E-state index contributed by atoms with van der Waals surface area (Å²) >= 11 is 0. The summed E-state index contributed by atoms with van der Waals surface area (Å²) < 4.78 is 0. The molecule has 3 aromatic carbocycles. The van der Waals surface area contributed by atoms with Crippen molar-refractivity contribution >= 4 is 16.7 Å². The van der Waals surface area contributed by atoms with Crippen molar-refractivity contribution in [2.45, 2.75) is 5.60 Å². The fourth-order valence-corrected chi connectivity index (χ4v) is 2.51. The van der Waals surface area contributed by atoms with Gasteiger partial charge in [-0.1, -0.05) is 66.7 Å². The van der Waals surface area contributed by atoms with Crippen LogP contribution < -0.4 is 0 Å². The summed E-state index contributed by atoms with van der Waals surface area (Å²) in [6.07, 6.45) is 0. The first-order chi connectivity index (χ1) is 10.1. The maximum Gasteiger partial charge on any atom is 0.345 e. The third-order valence-corrected chi connectivity index (χ3v) is 3.67. The normalized spacial score (nSPS) is 13.8. The van der Waals surface area contributed by atoms with E-state index in [1.165, 1.54) is 0 Å². The molecule has 0 bridgehead atoms. The second kappa shape index (κ2) is 5.04. The minimum Gasteiger partial charge on any atom is -0.479 e. The number of carboxylic acids is 1. The molecule has 0 fully saturated rings. The number of carboxylic acid groups (broad SMARTS) is 1. The van der Waals surface area contributed by atoms with Crippen LogP contribution in [-0.4, -0.2) is 16.2 Å². The molecule has 1 unspecified atom stereocenters. The van der Waals surface area contributed by atoms with Crippen molar-refractivity contribution in [2.24, 2.45) is 0 Å². The van der Waals surface area contributed by atoms with Crippen LogP contribution in [0.4, 0.5) is 0 Å². The van der Waals surface area contributed by atoms with Gasteiger partial charge in [0.1, 0.15) is 0 Å². The van der Waals surface area contributed by atoms with E-state index in [1.807, 2.05) is 30.3 Å². The number of hydrogen-bond donors (Lipinski definition) is 2. The van der Waals surface area contributed by atoms with Gasteiger partial charge in [-0.25, -0.2) is 4.79 Å². The maximum atomic E-state index is 11.7. The van der Waals surface area contributed by atoms with Gasteiger partial charge in [0, 0.05) is 5.56 Å². The fourth-order valence-electron chi connectivity index (χ4n) is 2.51. The van der Waals surface area contributed by atoms with E-state index < -0.39 is 11.6 Å². The molecule has 0 aliphatic heterocycles. The standard InChI is InChI=1S/C18H14O3/c19-17(20)18(21,15-8-2-1-3-9-15)16-11-10-13-6-4-5-7-14(13)12-16/h1-12,21H,(H,19,20). The summed E-state index contributed by atoms with van der Waals surface area (Å²) in [6, 6.07) is 21.3. The summed E-state index contributed by atoms with van der Waals surface area (Å²) in [5, 5.41) is 22.2. The minimum absolute atomic E-state index is 0.341. The van der Waals surface area contributed by atoms with E-state index in [4.69, 9.17) is 0 Å². The summed E-state index contributed by atoms with van der Waals surface area (Å²) in [4.78, 5) is 11.7. The van der Waals surface area contributed by atoms with E-state index in [0.29, 0.717) is 11.1 Å². The zero-order valence-electron chi connectivity index (χ0n) is 11.2. The summed E-state index contributed by atoms with van der Waals surface area (Å²) in [5.41, 5.74) is -1.36. The molecule has 0 aliphatic carbocycles. The Morgan fingerprint density at radius 1 is 0.762 bits per heavy atom. The highest BCUT2D eigenvalue weighted by Gasteiger charge is 2.40.